The second kappa shape index (κ2) is 3.51. The number of imidazole rings is 1. The molecule has 0 aromatic carbocycles. The average molecular weight is 222 g/mol. The summed E-state index contributed by atoms with van der Waals surface area (Å²) in [6.07, 6.45) is 1.71. The van der Waals surface area contributed by atoms with Crippen LogP contribution in [-0.4, -0.2) is 20.6 Å². The molecular weight excluding hydrogens is 212 g/mol. The number of aryl methyl sites for hydroxylation is 1. The fourth-order valence-electron chi connectivity index (χ4n) is 1.29. The van der Waals surface area contributed by atoms with Crippen LogP contribution < -0.4 is 0 Å². The SMILES string of the molecule is Cc1ncn(-c2ccc(C(=O)O)s2)c1C. The highest BCUT2D eigenvalue weighted by Crippen LogP contribution is 2.22. The van der Waals surface area contributed by atoms with Gasteiger partial charge in [-0.05, 0) is 26.0 Å². The Hall–Kier alpha value is -1.62. The van der Waals surface area contributed by atoms with Crippen molar-refractivity contribution in [1.29, 1.82) is 0 Å². The number of nitrogens with zero attached hydrogens (tertiary/aromatic N) is 2. The smallest absolute Gasteiger partial charge is 0.345 e. The summed E-state index contributed by atoms with van der Waals surface area (Å²) in [5, 5.41) is 9.69. The molecule has 2 aromatic rings. The summed E-state index contributed by atoms with van der Waals surface area (Å²) in [7, 11) is 0. The van der Waals surface area contributed by atoms with E-state index in [0.29, 0.717) is 4.88 Å². The fraction of sp³-hybridized carbons (Fsp3) is 0.200. The molecule has 15 heavy (non-hydrogen) atoms. The number of carbonyl (C=O) groups is 1. The number of aromatic nitrogens is 2. The molecular formula is C10H10N2O2S. The fourth-order valence-corrected chi connectivity index (χ4v) is 2.16. The quantitative estimate of drug-likeness (QED) is 0.847. The number of carboxylic acid groups (broad SMARTS) is 1. The molecule has 78 valence electrons. The second-order valence-electron chi connectivity index (χ2n) is 3.23. The van der Waals surface area contributed by atoms with E-state index in [9.17, 15) is 4.79 Å². The van der Waals surface area contributed by atoms with Crippen LogP contribution in [0.1, 0.15) is 21.1 Å². The summed E-state index contributed by atoms with van der Waals surface area (Å²) in [5.41, 5.74) is 1.99. The Morgan fingerprint density at radius 2 is 2.20 bits per heavy atom. The summed E-state index contributed by atoms with van der Waals surface area (Å²) in [4.78, 5) is 15.2. The molecule has 2 rings (SSSR count). The predicted octanol–water partition coefficient (Wildman–Crippen LogP) is 2.25. The van der Waals surface area contributed by atoms with Crippen molar-refractivity contribution < 1.29 is 9.90 Å². The van der Waals surface area contributed by atoms with Crippen LogP contribution in [0.5, 0.6) is 0 Å². The number of carboxylic acids is 1. The molecule has 0 atom stereocenters. The van der Waals surface area contributed by atoms with Gasteiger partial charge in [0.25, 0.3) is 0 Å². The first-order chi connectivity index (χ1) is 7.09. The van der Waals surface area contributed by atoms with Crippen LogP contribution in [0.2, 0.25) is 0 Å². The summed E-state index contributed by atoms with van der Waals surface area (Å²) in [5.74, 6) is -0.888. The van der Waals surface area contributed by atoms with Crippen LogP contribution in [0, 0.1) is 13.8 Å². The first-order valence-corrected chi connectivity index (χ1v) is 5.25. The van der Waals surface area contributed by atoms with E-state index in [1.54, 1.807) is 18.5 Å². The number of hydrogen-bond donors (Lipinski definition) is 1. The minimum atomic E-state index is -0.888. The second-order valence-corrected chi connectivity index (χ2v) is 4.29. The third-order valence-corrected chi connectivity index (χ3v) is 3.36. The number of thiophene rings is 1. The van der Waals surface area contributed by atoms with Crippen LogP contribution in [0.15, 0.2) is 18.5 Å². The zero-order valence-electron chi connectivity index (χ0n) is 8.39. The van der Waals surface area contributed by atoms with Gasteiger partial charge in [0.15, 0.2) is 0 Å². The molecule has 0 saturated carbocycles. The van der Waals surface area contributed by atoms with E-state index in [1.165, 1.54) is 11.3 Å². The first kappa shape index (κ1) is 9.92. The van der Waals surface area contributed by atoms with E-state index in [0.717, 1.165) is 16.4 Å². The van der Waals surface area contributed by atoms with E-state index in [1.807, 2.05) is 18.4 Å². The molecule has 0 unspecified atom stereocenters. The zero-order chi connectivity index (χ0) is 11.0. The molecule has 0 fully saturated rings. The molecule has 0 amide bonds. The lowest BCUT2D eigenvalue weighted by atomic mass is 10.4. The summed E-state index contributed by atoms with van der Waals surface area (Å²) < 4.78 is 1.90. The van der Waals surface area contributed by atoms with Gasteiger partial charge in [0.1, 0.15) is 16.2 Å². The Bertz CT molecular complexity index is 513. The van der Waals surface area contributed by atoms with E-state index >= 15 is 0 Å². The standard InChI is InChI=1S/C10H10N2O2S/c1-6-7(2)12(5-11-6)9-4-3-8(15-9)10(13)14/h3-5H,1-2H3,(H,13,14). The van der Waals surface area contributed by atoms with Crippen LogP contribution in [0.3, 0.4) is 0 Å². The maximum absolute atomic E-state index is 10.7. The highest BCUT2D eigenvalue weighted by molar-refractivity contribution is 7.16. The molecule has 4 nitrogen and oxygen atoms in total. The lowest BCUT2D eigenvalue weighted by Crippen LogP contribution is -1.92. The van der Waals surface area contributed by atoms with Crippen LogP contribution in [0.4, 0.5) is 0 Å². The molecule has 2 aromatic heterocycles. The van der Waals surface area contributed by atoms with Gasteiger partial charge in [0.2, 0.25) is 0 Å². The molecule has 0 aliphatic rings. The van der Waals surface area contributed by atoms with Gasteiger partial charge in [0.05, 0.1) is 5.69 Å². The molecule has 0 saturated heterocycles. The number of aromatic carboxylic acids is 1. The molecule has 0 aliphatic heterocycles. The minimum absolute atomic E-state index is 0.343. The molecule has 0 spiro atoms. The largest absolute Gasteiger partial charge is 0.477 e. The molecule has 1 N–H and O–H groups in total. The lowest BCUT2D eigenvalue weighted by Gasteiger charge is -2.00. The van der Waals surface area contributed by atoms with Gasteiger partial charge in [0, 0.05) is 5.69 Å². The summed E-state index contributed by atoms with van der Waals surface area (Å²) >= 11 is 1.24. The number of hydrogen-bond acceptors (Lipinski definition) is 3. The molecule has 0 aliphatic carbocycles. The Balaban J connectivity index is 2.46. The van der Waals surface area contributed by atoms with Crippen molar-refractivity contribution in [3.63, 3.8) is 0 Å². The van der Waals surface area contributed by atoms with Crippen LogP contribution >= 0.6 is 11.3 Å². The summed E-state index contributed by atoms with van der Waals surface area (Å²) in [6.45, 7) is 3.89. The number of rotatable bonds is 2. The van der Waals surface area contributed by atoms with E-state index in [4.69, 9.17) is 5.11 Å². The highest BCUT2D eigenvalue weighted by Gasteiger charge is 2.10. The Morgan fingerprint density at radius 3 is 2.67 bits per heavy atom. The highest BCUT2D eigenvalue weighted by atomic mass is 32.1. The van der Waals surface area contributed by atoms with Crippen molar-refractivity contribution in [3.8, 4) is 5.00 Å². The van der Waals surface area contributed by atoms with Gasteiger partial charge in [-0.15, -0.1) is 11.3 Å². The zero-order valence-corrected chi connectivity index (χ0v) is 9.21. The summed E-state index contributed by atoms with van der Waals surface area (Å²) in [6, 6.07) is 3.40. The monoisotopic (exact) mass is 222 g/mol. The average Bonchev–Trinajstić information content (AvgIpc) is 2.76. The van der Waals surface area contributed by atoms with Crippen molar-refractivity contribution in [1.82, 2.24) is 9.55 Å². The molecule has 2 heterocycles. The molecule has 0 bridgehead atoms. The topological polar surface area (TPSA) is 55.1 Å². The maximum Gasteiger partial charge on any atom is 0.345 e. The van der Waals surface area contributed by atoms with Gasteiger partial charge in [-0.1, -0.05) is 0 Å². The van der Waals surface area contributed by atoms with Gasteiger partial charge in [-0.25, -0.2) is 9.78 Å². The van der Waals surface area contributed by atoms with Crippen LogP contribution in [0.25, 0.3) is 5.00 Å². The first-order valence-electron chi connectivity index (χ1n) is 4.43. The Labute approximate surface area is 90.8 Å². The van der Waals surface area contributed by atoms with Crippen molar-refractivity contribution >= 4 is 17.3 Å². The van der Waals surface area contributed by atoms with Gasteiger partial charge < -0.3 is 5.11 Å². The van der Waals surface area contributed by atoms with Crippen molar-refractivity contribution in [2.24, 2.45) is 0 Å². The van der Waals surface area contributed by atoms with Crippen molar-refractivity contribution in [2.75, 3.05) is 0 Å². The van der Waals surface area contributed by atoms with E-state index in [2.05, 4.69) is 4.98 Å². The molecule has 5 heteroatoms. The Kier molecular flexibility index (Phi) is 2.32. The van der Waals surface area contributed by atoms with E-state index < -0.39 is 5.97 Å². The molecule has 0 radical (unpaired) electrons. The third-order valence-electron chi connectivity index (χ3n) is 2.29. The minimum Gasteiger partial charge on any atom is -0.477 e. The van der Waals surface area contributed by atoms with Gasteiger partial charge in [-0.2, -0.15) is 0 Å². The van der Waals surface area contributed by atoms with Gasteiger partial charge in [-0.3, -0.25) is 4.57 Å². The third kappa shape index (κ3) is 1.66. The van der Waals surface area contributed by atoms with E-state index in [-0.39, 0.29) is 0 Å². The van der Waals surface area contributed by atoms with Gasteiger partial charge >= 0.3 is 5.97 Å². The predicted molar refractivity (Wildman–Crippen MR) is 57.9 cm³/mol. The normalized spacial score (nSPS) is 10.5. The van der Waals surface area contributed by atoms with Crippen LogP contribution in [-0.2, 0) is 0 Å². The lowest BCUT2D eigenvalue weighted by molar-refractivity contribution is 0.0702. The maximum atomic E-state index is 10.7. The van der Waals surface area contributed by atoms with Crippen molar-refractivity contribution in [2.45, 2.75) is 13.8 Å². The van der Waals surface area contributed by atoms with Crippen molar-refractivity contribution in [3.05, 3.63) is 34.7 Å². The Morgan fingerprint density at radius 1 is 1.47 bits per heavy atom.